The van der Waals surface area contributed by atoms with Gasteiger partial charge in [0.1, 0.15) is 11.6 Å². The van der Waals surface area contributed by atoms with Crippen molar-refractivity contribution in [2.75, 3.05) is 33.8 Å². The molecule has 0 saturated carbocycles. The zero-order chi connectivity index (χ0) is 24.7. The van der Waals surface area contributed by atoms with Crippen LogP contribution in [0.2, 0.25) is 0 Å². The van der Waals surface area contributed by atoms with E-state index in [4.69, 9.17) is 18.9 Å². The highest BCUT2D eigenvalue weighted by atomic mass is 16.5. The molecule has 1 aliphatic carbocycles. The lowest BCUT2D eigenvalue weighted by Gasteiger charge is -2.34. The number of H-pyrrole nitrogens is 2. The van der Waals surface area contributed by atoms with Crippen molar-refractivity contribution in [3.05, 3.63) is 74.7 Å². The number of hydrogen-bond donors (Lipinski definition) is 3. The van der Waals surface area contributed by atoms with Crippen molar-refractivity contribution in [2.24, 2.45) is 0 Å². The first kappa shape index (κ1) is 22.6. The zero-order valence-corrected chi connectivity index (χ0v) is 20.0. The fraction of sp³-hybridized carbons (Fsp3) is 0.308. The topological polar surface area (TPSA) is 115 Å². The summed E-state index contributed by atoms with van der Waals surface area (Å²) in [4.78, 5) is 26.4. The number of aromatic amines is 2. The maximum absolute atomic E-state index is 13.7. The molecule has 3 N–H and O–H groups in total. The van der Waals surface area contributed by atoms with Gasteiger partial charge in [-0.2, -0.15) is 0 Å². The number of nitrogens with one attached hydrogen (secondary N) is 3. The molecule has 182 valence electrons. The van der Waals surface area contributed by atoms with Crippen LogP contribution in [0.5, 0.6) is 23.0 Å². The summed E-state index contributed by atoms with van der Waals surface area (Å²) >= 11 is 0. The highest BCUT2D eigenvalue weighted by molar-refractivity contribution is 6.01. The predicted octanol–water partition coefficient (Wildman–Crippen LogP) is 3.70. The first-order chi connectivity index (χ1) is 17.0. The van der Waals surface area contributed by atoms with Crippen LogP contribution in [-0.4, -0.2) is 44.4 Å². The molecule has 2 atom stereocenters. The Labute approximate surface area is 202 Å². The van der Waals surface area contributed by atoms with E-state index in [1.54, 1.807) is 28.4 Å². The summed E-state index contributed by atoms with van der Waals surface area (Å²) in [6.45, 7) is 0. The molecule has 1 aliphatic heterocycles. The van der Waals surface area contributed by atoms with Crippen molar-refractivity contribution < 1.29 is 23.7 Å². The minimum atomic E-state index is -0.476. The molecule has 0 radical (unpaired) electrons. The number of aromatic nitrogens is 2. The Kier molecular flexibility index (Phi) is 5.76. The van der Waals surface area contributed by atoms with Crippen LogP contribution in [0.25, 0.3) is 0 Å². The quantitative estimate of drug-likeness (QED) is 0.496. The molecule has 0 spiro atoms. The van der Waals surface area contributed by atoms with Gasteiger partial charge in [0.2, 0.25) is 5.75 Å². The molecule has 9 heteroatoms. The Bertz CT molecular complexity index is 1340. The van der Waals surface area contributed by atoms with E-state index in [1.807, 2.05) is 36.4 Å². The van der Waals surface area contributed by atoms with E-state index < -0.39 is 5.92 Å². The lowest BCUT2D eigenvalue weighted by Crippen LogP contribution is -2.31. The number of methoxy groups -OCH3 is 4. The number of carbonyl (C=O) groups excluding carboxylic acids is 1. The number of ether oxygens (including phenoxy) is 4. The highest BCUT2D eigenvalue weighted by Gasteiger charge is 2.40. The number of hydrogen-bond acceptors (Lipinski definition) is 7. The molecule has 5 rings (SSSR count). The summed E-state index contributed by atoms with van der Waals surface area (Å²) in [5, 5.41) is 8.90. The van der Waals surface area contributed by atoms with Gasteiger partial charge in [-0.15, -0.1) is 0 Å². The summed E-state index contributed by atoms with van der Waals surface area (Å²) in [6.07, 6.45) is 0.877. The van der Waals surface area contributed by atoms with Crippen molar-refractivity contribution in [2.45, 2.75) is 24.7 Å². The van der Waals surface area contributed by atoms with Gasteiger partial charge in [0.25, 0.3) is 5.56 Å². The van der Waals surface area contributed by atoms with Crippen LogP contribution < -0.4 is 29.8 Å². The second-order valence-corrected chi connectivity index (χ2v) is 8.58. The fourth-order valence-corrected chi connectivity index (χ4v) is 5.12. The minimum absolute atomic E-state index is 0.00966. The molecule has 9 nitrogen and oxygen atoms in total. The van der Waals surface area contributed by atoms with Gasteiger partial charge in [-0.25, -0.2) is 0 Å². The van der Waals surface area contributed by atoms with E-state index in [0.717, 1.165) is 16.8 Å². The molecule has 2 heterocycles. The Morgan fingerprint density at radius 3 is 2.09 bits per heavy atom. The molecule has 3 aromatic rings. The third-order valence-corrected chi connectivity index (χ3v) is 6.78. The summed E-state index contributed by atoms with van der Waals surface area (Å²) in [7, 11) is 6.30. The maximum Gasteiger partial charge on any atom is 0.270 e. The standard InChI is InChI=1S/C26H27N3O6/c1-32-16-7-5-13(6-8-16)21-22-17(27-25-23(21)26(31)29-28-25)9-14(10-18(22)30)15-11-19(33-2)24(35-4)20(12-15)34-3/h5-8,11-12,14,21H,9-10H2,1-4H3,(H3,27,28,29,31). The van der Waals surface area contributed by atoms with Gasteiger partial charge in [0, 0.05) is 23.6 Å². The molecule has 2 aromatic carbocycles. The van der Waals surface area contributed by atoms with Crippen LogP contribution in [0.1, 0.15) is 41.4 Å². The molecule has 0 fully saturated rings. The van der Waals surface area contributed by atoms with Crippen LogP contribution in [0.15, 0.2) is 52.5 Å². The van der Waals surface area contributed by atoms with Gasteiger partial charge in [0.15, 0.2) is 17.3 Å². The third-order valence-electron chi connectivity index (χ3n) is 6.78. The van der Waals surface area contributed by atoms with Crippen molar-refractivity contribution in [3.63, 3.8) is 0 Å². The molecule has 2 aliphatic rings. The van der Waals surface area contributed by atoms with Crippen LogP contribution in [0.4, 0.5) is 5.82 Å². The van der Waals surface area contributed by atoms with E-state index in [1.165, 1.54) is 0 Å². The van der Waals surface area contributed by atoms with Crippen LogP contribution >= 0.6 is 0 Å². The molecular weight excluding hydrogens is 450 g/mol. The Morgan fingerprint density at radius 2 is 1.49 bits per heavy atom. The van der Waals surface area contributed by atoms with Crippen LogP contribution in [0, 0.1) is 0 Å². The molecule has 0 amide bonds. The maximum atomic E-state index is 13.7. The molecule has 0 saturated heterocycles. The van der Waals surface area contributed by atoms with Gasteiger partial charge in [-0.05, 0) is 47.7 Å². The Balaban J connectivity index is 1.59. The van der Waals surface area contributed by atoms with Crippen LogP contribution in [-0.2, 0) is 4.79 Å². The first-order valence-electron chi connectivity index (χ1n) is 11.3. The number of rotatable bonds is 6. The number of fused-ring (bicyclic) bond motifs is 1. The second-order valence-electron chi connectivity index (χ2n) is 8.58. The zero-order valence-electron chi connectivity index (χ0n) is 20.0. The monoisotopic (exact) mass is 477 g/mol. The molecule has 1 aromatic heterocycles. The lowest BCUT2D eigenvalue weighted by atomic mass is 9.72. The van der Waals surface area contributed by atoms with E-state index in [0.29, 0.717) is 52.8 Å². The van der Waals surface area contributed by atoms with Crippen molar-refractivity contribution in [1.82, 2.24) is 10.2 Å². The molecule has 2 unspecified atom stereocenters. The average Bonchev–Trinajstić information content (AvgIpc) is 3.26. The molecule has 35 heavy (non-hydrogen) atoms. The first-order valence-corrected chi connectivity index (χ1v) is 11.3. The largest absolute Gasteiger partial charge is 0.497 e. The summed E-state index contributed by atoms with van der Waals surface area (Å²) in [6, 6.07) is 11.2. The van der Waals surface area contributed by atoms with Crippen molar-refractivity contribution >= 4 is 11.6 Å². The summed E-state index contributed by atoms with van der Waals surface area (Å²) < 4.78 is 21.8. The van der Waals surface area contributed by atoms with Gasteiger partial charge < -0.3 is 24.3 Å². The lowest BCUT2D eigenvalue weighted by molar-refractivity contribution is -0.116. The Hall–Kier alpha value is -4.14. The van der Waals surface area contributed by atoms with Gasteiger partial charge >= 0.3 is 0 Å². The highest BCUT2D eigenvalue weighted by Crippen LogP contribution is 2.48. The van der Waals surface area contributed by atoms with E-state index in [9.17, 15) is 9.59 Å². The normalized spacial score (nSPS) is 18.9. The van der Waals surface area contributed by atoms with Crippen molar-refractivity contribution in [3.8, 4) is 23.0 Å². The number of ketones is 1. The van der Waals surface area contributed by atoms with Crippen LogP contribution in [0.3, 0.4) is 0 Å². The second kappa shape index (κ2) is 8.90. The summed E-state index contributed by atoms with van der Waals surface area (Å²) in [5.74, 6) is 2.28. The van der Waals surface area contributed by atoms with E-state index in [2.05, 4.69) is 15.5 Å². The predicted molar refractivity (Wildman–Crippen MR) is 130 cm³/mol. The number of carbonyl (C=O) groups is 1. The number of allylic oxidation sites excluding steroid dienone is 2. The fourth-order valence-electron chi connectivity index (χ4n) is 5.12. The van der Waals surface area contributed by atoms with E-state index >= 15 is 0 Å². The smallest absolute Gasteiger partial charge is 0.270 e. The van der Waals surface area contributed by atoms with Gasteiger partial charge in [0.05, 0.1) is 34.0 Å². The Morgan fingerprint density at radius 1 is 0.800 bits per heavy atom. The van der Waals surface area contributed by atoms with Crippen molar-refractivity contribution in [1.29, 1.82) is 0 Å². The molecular formula is C26H27N3O6. The average molecular weight is 478 g/mol. The SMILES string of the molecule is COc1ccc(C2C3=C(CC(c4cc(OC)c(OC)c(OC)c4)CC3=O)Nc3[nH][nH]c(=O)c32)cc1. The minimum Gasteiger partial charge on any atom is -0.497 e. The third kappa shape index (κ3) is 3.73. The number of anilines is 1. The molecule has 0 bridgehead atoms. The van der Waals surface area contributed by atoms with E-state index in [-0.39, 0.29) is 17.3 Å². The number of benzene rings is 2. The van der Waals surface area contributed by atoms with Gasteiger partial charge in [-0.1, -0.05) is 12.1 Å². The number of Topliss-reactive ketones (excluding diaryl/α,β-unsaturated/α-hetero) is 1. The van der Waals surface area contributed by atoms with Gasteiger partial charge in [-0.3, -0.25) is 19.8 Å². The summed E-state index contributed by atoms with van der Waals surface area (Å²) in [5.41, 5.74) is 3.44.